The van der Waals surface area contributed by atoms with Crippen molar-refractivity contribution in [2.75, 3.05) is 27.4 Å². The molecular weight excluding hydrogens is 483 g/mol. The predicted octanol–water partition coefficient (Wildman–Crippen LogP) is 6.82. The molecule has 0 radical (unpaired) electrons. The molecule has 0 aliphatic carbocycles. The van der Waals surface area contributed by atoms with Gasteiger partial charge in [-0.2, -0.15) is 13.2 Å². The van der Waals surface area contributed by atoms with Gasteiger partial charge in [0.2, 0.25) is 5.75 Å². The Morgan fingerprint density at radius 2 is 1.60 bits per heavy atom. The van der Waals surface area contributed by atoms with Gasteiger partial charge in [0.25, 0.3) is 0 Å². The van der Waals surface area contributed by atoms with Gasteiger partial charge in [0.05, 0.1) is 27.4 Å². The fourth-order valence-corrected chi connectivity index (χ4v) is 3.84. The summed E-state index contributed by atoms with van der Waals surface area (Å²) >= 11 is -0.585. The number of nitrogens with zero attached hydrogens (tertiary/aromatic N) is 1. The second-order valence-electron chi connectivity index (χ2n) is 8.04. The van der Waals surface area contributed by atoms with E-state index in [9.17, 15) is 13.2 Å². The van der Waals surface area contributed by atoms with Gasteiger partial charge in [0.1, 0.15) is 0 Å². The number of alkyl halides is 3. The number of hydrogen-bond donors (Lipinski definition) is 0. The first-order valence-electron chi connectivity index (χ1n) is 11.0. The van der Waals surface area contributed by atoms with Gasteiger partial charge in [0, 0.05) is 17.8 Å². The van der Waals surface area contributed by atoms with Crippen LogP contribution in [0.3, 0.4) is 0 Å². The first-order valence-corrected chi connectivity index (χ1v) is 11.7. The lowest BCUT2D eigenvalue weighted by molar-refractivity contribution is -0.0369. The number of halogens is 3. The van der Waals surface area contributed by atoms with Gasteiger partial charge in [-0.3, -0.25) is 4.98 Å². The second-order valence-corrected chi connectivity index (χ2v) is 8.84. The maximum Gasteiger partial charge on any atom is 0.479 e. The number of ether oxygens (including phenoxy) is 4. The molecule has 0 atom stereocenters. The molecule has 10 heteroatoms. The average molecular weight is 512 g/mol. The molecule has 3 rings (SSSR count). The summed E-state index contributed by atoms with van der Waals surface area (Å²) in [6.45, 7) is 6.61. The molecule has 35 heavy (non-hydrogen) atoms. The summed E-state index contributed by atoms with van der Waals surface area (Å²) < 4.78 is 66.1. The van der Waals surface area contributed by atoms with E-state index in [0.717, 1.165) is 11.1 Å². The van der Waals surface area contributed by atoms with Crippen LogP contribution in [0.25, 0.3) is 10.8 Å². The van der Waals surface area contributed by atoms with Gasteiger partial charge >= 0.3 is 5.51 Å². The van der Waals surface area contributed by atoms with E-state index in [2.05, 4.69) is 4.98 Å². The zero-order valence-electron chi connectivity index (χ0n) is 20.2. The number of methoxy groups -OCH3 is 2. The Kier molecular flexibility index (Phi) is 8.82. The summed E-state index contributed by atoms with van der Waals surface area (Å²) in [6, 6.07) is 7.09. The Morgan fingerprint density at radius 1 is 0.914 bits per heavy atom. The van der Waals surface area contributed by atoms with Crippen LogP contribution in [0.5, 0.6) is 28.7 Å². The lowest BCUT2D eigenvalue weighted by atomic mass is 9.99. The number of pyridine rings is 1. The van der Waals surface area contributed by atoms with E-state index in [4.69, 9.17) is 23.1 Å². The van der Waals surface area contributed by atoms with E-state index >= 15 is 0 Å². The largest absolute Gasteiger partial charge is 0.493 e. The Labute approximate surface area is 206 Å². The fraction of sp³-hybridized carbons (Fsp3) is 0.400. The molecule has 0 saturated carbocycles. The normalized spacial score (nSPS) is 11.6. The molecule has 1 heterocycles. The highest BCUT2D eigenvalue weighted by atomic mass is 32.2. The minimum atomic E-state index is -4.57. The Morgan fingerprint density at radius 3 is 2.17 bits per heavy atom. The molecule has 190 valence electrons. The molecule has 0 amide bonds. The van der Waals surface area contributed by atoms with Crippen LogP contribution in [0.1, 0.15) is 31.9 Å². The topological polar surface area (TPSA) is 59.0 Å². The molecule has 0 bridgehead atoms. The summed E-state index contributed by atoms with van der Waals surface area (Å²) in [5, 5.41) is 1.11. The molecule has 0 fully saturated rings. The third-order valence-corrected chi connectivity index (χ3v) is 5.37. The average Bonchev–Trinajstić information content (AvgIpc) is 2.81. The molecule has 0 N–H and O–H groups in total. The summed E-state index contributed by atoms with van der Waals surface area (Å²) in [5.74, 6) is 2.08. The van der Waals surface area contributed by atoms with Crippen molar-refractivity contribution in [1.82, 2.24) is 4.98 Å². The molecular formula is C25H28F3NO5S. The highest BCUT2D eigenvalue weighted by Gasteiger charge is 2.32. The van der Waals surface area contributed by atoms with Gasteiger partial charge in [-0.05, 0) is 54.0 Å². The van der Waals surface area contributed by atoms with Crippen molar-refractivity contribution in [1.29, 1.82) is 0 Å². The fourth-order valence-electron chi connectivity index (χ4n) is 3.49. The van der Waals surface area contributed by atoms with Crippen molar-refractivity contribution in [2.45, 2.75) is 32.7 Å². The Bertz CT molecular complexity index is 1130. The quantitative estimate of drug-likeness (QED) is 0.262. The van der Waals surface area contributed by atoms with Crippen molar-refractivity contribution in [2.24, 2.45) is 5.92 Å². The van der Waals surface area contributed by atoms with Gasteiger partial charge in [-0.15, -0.1) is 0 Å². The minimum Gasteiger partial charge on any atom is -0.493 e. The van der Waals surface area contributed by atoms with Crippen molar-refractivity contribution < 1.29 is 36.3 Å². The zero-order valence-corrected chi connectivity index (χ0v) is 21.0. The van der Waals surface area contributed by atoms with E-state index in [-0.39, 0.29) is 18.1 Å². The van der Waals surface area contributed by atoms with Crippen LogP contribution in [-0.4, -0.2) is 37.9 Å². The van der Waals surface area contributed by atoms with E-state index in [0.29, 0.717) is 47.0 Å². The SMILES string of the molecule is CCOc1ccc2c(Cc3cc(OC)c(OCC(C)C)c(OC)c3)cncc2c1OSC(F)(F)F. The maximum atomic E-state index is 12.8. The minimum absolute atomic E-state index is 0.0198. The predicted molar refractivity (Wildman–Crippen MR) is 130 cm³/mol. The maximum absolute atomic E-state index is 12.8. The van der Waals surface area contributed by atoms with E-state index < -0.39 is 17.6 Å². The van der Waals surface area contributed by atoms with Crippen molar-refractivity contribution in [3.05, 3.63) is 47.8 Å². The van der Waals surface area contributed by atoms with Crippen LogP contribution in [0.15, 0.2) is 36.7 Å². The number of rotatable bonds is 11. The number of hydrogen-bond acceptors (Lipinski definition) is 7. The van der Waals surface area contributed by atoms with Crippen LogP contribution in [-0.2, 0) is 6.42 Å². The first-order chi connectivity index (χ1) is 16.7. The lowest BCUT2D eigenvalue weighted by Gasteiger charge is -2.18. The van der Waals surface area contributed by atoms with E-state index in [1.165, 1.54) is 6.20 Å². The van der Waals surface area contributed by atoms with Gasteiger partial charge in [-0.1, -0.05) is 19.9 Å². The van der Waals surface area contributed by atoms with Gasteiger partial charge in [-0.25, -0.2) is 0 Å². The number of benzene rings is 2. The van der Waals surface area contributed by atoms with Crippen LogP contribution in [0, 0.1) is 5.92 Å². The smallest absolute Gasteiger partial charge is 0.479 e. The third kappa shape index (κ3) is 6.78. The Hall–Kier alpha value is -3.01. The molecule has 1 aromatic heterocycles. The number of aromatic nitrogens is 1. The van der Waals surface area contributed by atoms with Gasteiger partial charge in [0.15, 0.2) is 35.0 Å². The first kappa shape index (κ1) is 26.6. The van der Waals surface area contributed by atoms with Crippen molar-refractivity contribution in [3.8, 4) is 28.7 Å². The molecule has 0 unspecified atom stereocenters. The molecule has 2 aromatic carbocycles. The van der Waals surface area contributed by atoms with Crippen LogP contribution in [0.2, 0.25) is 0 Å². The monoisotopic (exact) mass is 511 g/mol. The van der Waals surface area contributed by atoms with Crippen LogP contribution in [0.4, 0.5) is 13.2 Å². The molecule has 0 spiro atoms. The third-order valence-electron chi connectivity index (χ3n) is 4.94. The highest BCUT2D eigenvalue weighted by molar-refractivity contribution is 7.95. The van der Waals surface area contributed by atoms with Gasteiger partial charge < -0.3 is 23.1 Å². The molecule has 0 aliphatic rings. The summed E-state index contributed by atoms with van der Waals surface area (Å²) in [6.07, 6.45) is 3.56. The standard InChI is InChI=1S/C25H28F3NO5S/c1-6-32-20-8-7-18-17(12-29-13-19(18)23(20)34-35-25(26,27)28)9-16-10-21(30-4)24(22(11-16)31-5)33-14-15(2)3/h7-8,10-13,15H,6,9,14H2,1-5H3. The second kappa shape index (κ2) is 11.6. The van der Waals surface area contributed by atoms with E-state index in [1.807, 2.05) is 26.0 Å². The molecule has 6 nitrogen and oxygen atoms in total. The number of fused-ring (bicyclic) bond motifs is 1. The van der Waals surface area contributed by atoms with Crippen molar-refractivity contribution >= 4 is 22.8 Å². The summed E-state index contributed by atoms with van der Waals surface area (Å²) in [5.41, 5.74) is -2.93. The molecule has 0 aliphatic heterocycles. The lowest BCUT2D eigenvalue weighted by Crippen LogP contribution is -2.07. The Balaban J connectivity index is 2.03. The van der Waals surface area contributed by atoms with Crippen molar-refractivity contribution in [3.63, 3.8) is 0 Å². The summed E-state index contributed by atoms with van der Waals surface area (Å²) in [7, 11) is 3.11. The molecule has 0 saturated heterocycles. The zero-order chi connectivity index (χ0) is 25.6. The molecule has 3 aromatic rings. The summed E-state index contributed by atoms with van der Waals surface area (Å²) in [4.78, 5) is 4.25. The van der Waals surface area contributed by atoms with E-state index in [1.54, 1.807) is 39.5 Å². The van der Waals surface area contributed by atoms with Crippen LogP contribution < -0.4 is 23.1 Å². The van der Waals surface area contributed by atoms with Crippen LogP contribution >= 0.6 is 12.0 Å². The highest BCUT2D eigenvalue weighted by Crippen LogP contribution is 2.43.